The Morgan fingerprint density at radius 1 is 1.05 bits per heavy atom. The van der Waals surface area contributed by atoms with Crippen molar-refractivity contribution in [3.63, 3.8) is 0 Å². The molecule has 3 fully saturated rings. The molecule has 4 amide bonds. The van der Waals surface area contributed by atoms with Gasteiger partial charge < -0.3 is 30.9 Å². The lowest BCUT2D eigenvalue weighted by Crippen LogP contribution is -2.62. The molecule has 3 heterocycles. The lowest BCUT2D eigenvalue weighted by molar-refractivity contribution is -0.123. The van der Waals surface area contributed by atoms with E-state index in [0.717, 1.165) is 49.2 Å². The first-order valence-corrected chi connectivity index (χ1v) is 15.5. The Labute approximate surface area is 250 Å². The number of thioether (sulfide) groups is 1. The molecule has 0 radical (unpaired) electrons. The number of aryl methyl sites for hydroxylation is 1. The van der Waals surface area contributed by atoms with Crippen LogP contribution in [0.15, 0.2) is 59.1 Å². The minimum absolute atomic E-state index is 0.0113. The Balaban J connectivity index is 1.19. The van der Waals surface area contributed by atoms with Crippen LogP contribution in [0.4, 0.5) is 10.5 Å². The topological polar surface area (TPSA) is 115 Å². The number of rotatable bonds is 8. The number of piperidine rings is 1. The van der Waals surface area contributed by atoms with Crippen molar-refractivity contribution < 1.29 is 19.1 Å². The Hall–Kier alpha value is -3.54. The van der Waals surface area contributed by atoms with Crippen LogP contribution in [0, 0.1) is 12.8 Å². The Kier molecular flexibility index (Phi) is 8.15. The van der Waals surface area contributed by atoms with Gasteiger partial charge in [-0.1, -0.05) is 30.0 Å². The van der Waals surface area contributed by atoms with E-state index in [9.17, 15) is 14.4 Å². The van der Waals surface area contributed by atoms with E-state index >= 15 is 0 Å². The van der Waals surface area contributed by atoms with E-state index in [2.05, 4.69) is 21.3 Å². The summed E-state index contributed by atoms with van der Waals surface area (Å²) in [5.74, 6) is 1.19. The summed E-state index contributed by atoms with van der Waals surface area (Å²) in [6.07, 6.45) is 3.35. The summed E-state index contributed by atoms with van der Waals surface area (Å²) < 4.78 is 6.01. The summed E-state index contributed by atoms with van der Waals surface area (Å²) in [6.45, 7) is 3.05. The van der Waals surface area contributed by atoms with Crippen LogP contribution in [0.25, 0.3) is 0 Å². The van der Waals surface area contributed by atoms with Gasteiger partial charge in [0, 0.05) is 29.4 Å². The van der Waals surface area contributed by atoms with Crippen molar-refractivity contribution in [3.8, 4) is 11.5 Å². The van der Waals surface area contributed by atoms with Gasteiger partial charge in [-0.3, -0.25) is 14.5 Å². The number of carbonyl (C=O) groups is 3. The molecule has 222 valence electrons. The van der Waals surface area contributed by atoms with E-state index in [0.29, 0.717) is 22.9 Å². The van der Waals surface area contributed by atoms with E-state index in [4.69, 9.17) is 4.74 Å². The predicted octanol–water partition coefficient (Wildman–Crippen LogP) is 3.29. The molecular formula is C31H38N6O4S. The molecule has 4 aliphatic rings. The second-order valence-corrected chi connectivity index (χ2v) is 12.9. The second kappa shape index (κ2) is 12.0. The maximum absolute atomic E-state index is 13.7. The SMILES string of the molecule is Cc1cc(Oc2ccccc2)ccc1N1C(=O)NC2=C(C(=O)N[C@H]3CCC[C@@H]3NC(=O)CN(C)C)SC3NCCC1C23. The fourth-order valence-electron chi connectivity index (χ4n) is 6.57. The van der Waals surface area contributed by atoms with Crippen molar-refractivity contribution >= 4 is 35.3 Å². The van der Waals surface area contributed by atoms with Crippen LogP contribution < -0.4 is 30.9 Å². The number of ether oxygens (including phenoxy) is 1. The molecule has 4 N–H and O–H groups in total. The zero-order chi connectivity index (χ0) is 29.4. The van der Waals surface area contributed by atoms with Crippen LogP contribution in [0.3, 0.4) is 0 Å². The van der Waals surface area contributed by atoms with Crippen molar-refractivity contribution in [1.82, 2.24) is 26.2 Å². The molecule has 10 nitrogen and oxygen atoms in total. The lowest BCUT2D eigenvalue weighted by Gasteiger charge is -2.46. The monoisotopic (exact) mass is 590 g/mol. The molecule has 0 spiro atoms. The highest BCUT2D eigenvalue weighted by atomic mass is 32.2. The molecule has 2 aromatic carbocycles. The first-order chi connectivity index (χ1) is 20.3. The summed E-state index contributed by atoms with van der Waals surface area (Å²) in [7, 11) is 3.71. The van der Waals surface area contributed by atoms with Crippen LogP contribution in [0.1, 0.15) is 31.2 Å². The largest absolute Gasteiger partial charge is 0.457 e. The van der Waals surface area contributed by atoms with Crippen molar-refractivity contribution in [2.45, 2.75) is 56.1 Å². The minimum Gasteiger partial charge on any atom is -0.457 e. The normalized spacial score (nSPS) is 26.6. The first-order valence-electron chi connectivity index (χ1n) is 14.6. The van der Waals surface area contributed by atoms with Gasteiger partial charge in [-0.2, -0.15) is 0 Å². The van der Waals surface area contributed by atoms with E-state index in [1.54, 1.807) is 0 Å². The Morgan fingerprint density at radius 3 is 2.55 bits per heavy atom. The molecule has 6 rings (SSSR count). The molecule has 2 saturated heterocycles. The predicted molar refractivity (Wildman–Crippen MR) is 163 cm³/mol. The van der Waals surface area contributed by atoms with Gasteiger partial charge in [-0.05, 0) is 89.1 Å². The summed E-state index contributed by atoms with van der Waals surface area (Å²) in [4.78, 5) is 43.9. The quantitative estimate of drug-likeness (QED) is 0.373. The number of nitrogens with zero attached hydrogens (tertiary/aromatic N) is 2. The number of likely N-dealkylation sites (N-methyl/N-ethyl adjacent to an activating group) is 1. The third kappa shape index (κ3) is 5.73. The molecule has 5 atom stereocenters. The molecule has 2 aromatic rings. The first kappa shape index (κ1) is 28.6. The number of carbonyl (C=O) groups excluding carboxylic acids is 3. The molecule has 0 aromatic heterocycles. The summed E-state index contributed by atoms with van der Waals surface area (Å²) in [6, 6.07) is 14.9. The van der Waals surface area contributed by atoms with E-state index in [1.807, 2.05) is 79.3 Å². The van der Waals surface area contributed by atoms with E-state index in [1.165, 1.54) is 11.8 Å². The van der Waals surface area contributed by atoms with E-state index < -0.39 is 0 Å². The highest BCUT2D eigenvalue weighted by Crippen LogP contribution is 2.48. The number of anilines is 1. The number of nitrogens with one attached hydrogen (secondary N) is 4. The van der Waals surface area contributed by atoms with Crippen molar-refractivity contribution in [1.29, 1.82) is 0 Å². The maximum Gasteiger partial charge on any atom is 0.326 e. The summed E-state index contributed by atoms with van der Waals surface area (Å²) in [5, 5.41) is 12.9. The number of para-hydroxylation sites is 1. The third-order valence-electron chi connectivity index (χ3n) is 8.39. The molecule has 3 aliphatic heterocycles. The van der Waals surface area contributed by atoms with Crippen LogP contribution in [-0.2, 0) is 9.59 Å². The number of urea groups is 1. The average Bonchev–Trinajstić information content (AvgIpc) is 3.54. The molecule has 1 saturated carbocycles. The van der Waals surface area contributed by atoms with Crippen LogP contribution >= 0.6 is 11.8 Å². The van der Waals surface area contributed by atoms with Gasteiger partial charge in [0.2, 0.25) is 5.91 Å². The smallest absolute Gasteiger partial charge is 0.326 e. The van der Waals surface area contributed by atoms with Crippen molar-refractivity contribution in [2.75, 3.05) is 32.1 Å². The second-order valence-electron chi connectivity index (χ2n) is 11.7. The van der Waals surface area contributed by atoms with Crippen LogP contribution in [-0.4, -0.2) is 73.4 Å². The number of hydrogen-bond donors (Lipinski definition) is 4. The molecule has 1 aliphatic carbocycles. The molecule has 0 bridgehead atoms. The summed E-state index contributed by atoms with van der Waals surface area (Å²) in [5.41, 5.74) is 2.48. The highest BCUT2D eigenvalue weighted by Gasteiger charge is 2.52. The van der Waals surface area contributed by atoms with Crippen molar-refractivity contribution in [2.24, 2.45) is 5.92 Å². The van der Waals surface area contributed by atoms with Gasteiger partial charge in [-0.25, -0.2) is 4.79 Å². The molecule has 3 unspecified atom stereocenters. The zero-order valence-corrected chi connectivity index (χ0v) is 25.0. The third-order valence-corrected chi connectivity index (χ3v) is 9.75. The van der Waals surface area contributed by atoms with Crippen LogP contribution in [0.5, 0.6) is 11.5 Å². The Morgan fingerprint density at radius 2 is 1.81 bits per heavy atom. The number of amides is 4. The van der Waals surface area contributed by atoms with Gasteiger partial charge in [-0.15, -0.1) is 0 Å². The number of hydrogen-bond acceptors (Lipinski definition) is 7. The van der Waals surface area contributed by atoms with E-state index in [-0.39, 0.29) is 47.3 Å². The minimum atomic E-state index is -0.228. The Bertz CT molecular complexity index is 1400. The van der Waals surface area contributed by atoms with Crippen LogP contribution in [0.2, 0.25) is 0 Å². The maximum atomic E-state index is 13.7. The molecule has 42 heavy (non-hydrogen) atoms. The number of benzene rings is 2. The van der Waals surface area contributed by atoms with Crippen molar-refractivity contribution in [3.05, 3.63) is 64.7 Å². The molecular weight excluding hydrogens is 552 g/mol. The van der Waals surface area contributed by atoms with Gasteiger partial charge in [0.25, 0.3) is 5.91 Å². The molecule has 11 heteroatoms. The van der Waals surface area contributed by atoms with Gasteiger partial charge in [0.1, 0.15) is 11.5 Å². The fourth-order valence-corrected chi connectivity index (χ4v) is 7.97. The average molecular weight is 591 g/mol. The van der Waals surface area contributed by atoms with Gasteiger partial charge in [0.15, 0.2) is 0 Å². The summed E-state index contributed by atoms with van der Waals surface area (Å²) >= 11 is 1.49. The highest BCUT2D eigenvalue weighted by molar-refractivity contribution is 8.04. The standard InChI is InChI=1S/C31H38N6O4S/c1-18-16-20(41-19-8-5-4-6-9-19)12-13-23(18)37-24-14-15-32-30-26(24)27(35-31(37)40)28(42-30)29(39)34-22-11-7-10-21(22)33-25(38)17-36(2)3/h4-6,8-9,12-13,16,21-22,24,26,30,32H,7,10-11,14-15,17H2,1-3H3,(H,33,38)(H,34,39)(H,35,40)/t21-,22-,24?,26?,30?/m0/s1. The zero-order valence-electron chi connectivity index (χ0n) is 24.2. The van der Waals surface area contributed by atoms with Gasteiger partial charge in [0.05, 0.1) is 22.9 Å². The van der Waals surface area contributed by atoms with Gasteiger partial charge >= 0.3 is 6.03 Å². The fraction of sp³-hybridized carbons (Fsp3) is 0.452. The lowest BCUT2D eigenvalue weighted by atomic mass is 9.86.